The lowest BCUT2D eigenvalue weighted by atomic mass is 9.94. The van der Waals surface area contributed by atoms with Gasteiger partial charge in [0.15, 0.2) is 11.5 Å². The number of likely N-dealkylation sites (tertiary alicyclic amines) is 1. The van der Waals surface area contributed by atoms with Crippen LogP contribution in [0.4, 0.5) is 0 Å². The zero-order valence-electron chi connectivity index (χ0n) is 21.2. The fourth-order valence-electron chi connectivity index (χ4n) is 4.47. The number of halogens is 1. The highest BCUT2D eigenvalue weighted by molar-refractivity contribution is 6.47. The quantitative estimate of drug-likeness (QED) is 0.212. The van der Waals surface area contributed by atoms with Crippen LogP contribution in [-0.2, 0) is 16.1 Å². The van der Waals surface area contributed by atoms with E-state index in [4.69, 9.17) is 25.8 Å². The molecule has 3 aromatic rings. The Hall–Kier alpha value is -4.17. The van der Waals surface area contributed by atoms with Crippen LogP contribution in [-0.4, -0.2) is 47.1 Å². The minimum Gasteiger partial charge on any atom is -0.507 e. The van der Waals surface area contributed by atoms with Crippen molar-refractivity contribution in [2.24, 2.45) is 0 Å². The maximum Gasteiger partial charge on any atom is 0.295 e. The van der Waals surface area contributed by atoms with Gasteiger partial charge in [-0.1, -0.05) is 35.9 Å². The predicted octanol–water partition coefficient (Wildman–Crippen LogP) is 5.47. The lowest BCUT2D eigenvalue weighted by Gasteiger charge is -2.26. The molecule has 1 atom stereocenters. The maximum atomic E-state index is 13.5. The summed E-state index contributed by atoms with van der Waals surface area (Å²) in [4.78, 5) is 28.2. The monoisotopic (exact) mass is 537 g/mol. The summed E-state index contributed by atoms with van der Waals surface area (Å²) in [6.07, 6.45) is 0. The number of methoxy groups -OCH3 is 1. The molecule has 4 rings (SSSR count). The highest BCUT2D eigenvalue weighted by atomic mass is 35.5. The number of rotatable bonds is 9. The number of hydrogen-bond acceptors (Lipinski definition) is 7. The number of ketones is 1. The van der Waals surface area contributed by atoms with Crippen molar-refractivity contribution < 1.29 is 34.0 Å². The highest BCUT2D eigenvalue weighted by Gasteiger charge is 2.46. The van der Waals surface area contributed by atoms with Gasteiger partial charge in [-0.05, 0) is 55.8 Å². The van der Waals surface area contributed by atoms with Crippen LogP contribution in [0.2, 0.25) is 5.02 Å². The number of aromatic hydroxyl groups is 1. The Morgan fingerprint density at radius 2 is 1.71 bits per heavy atom. The Morgan fingerprint density at radius 3 is 2.42 bits per heavy atom. The van der Waals surface area contributed by atoms with E-state index in [0.717, 1.165) is 0 Å². The smallest absolute Gasteiger partial charge is 0.295 e. The lowest BCUT2D eigenvalue weighted by molar-refractivity contribution is -0.140. The molecule has 1 heterocycles. The minimum absolute atomic E-state index is 0.0214. The molecule has 1 aliphatic heterocycles. The first-order valence-electron chi connectivity index (χ1n) is 12.1. The molecule has 0 aromatic heterocycles. The SMILES string of the molecule is CCOc1ccc(Cl)c(/C(O)=C2\C(=O)C(=O)N(Cc3ccccc3OC)C2c2ccc(O)c(OCC)c2)c1. The first-order chi connectivity index (χ1) is 18.3. The number of Topliss-reactive ketones (excluding diaryl/α,β-unsaturated/α-hetero) is 1. The third-order valence-corrected chi connectivity index (χ3v) is 6.51. The molecule has 9 heteroatoms. The van der Waals surface area contributed by atoms with Crippen molar-refractivity contribution in [3.8, 4) is 23.0 Å². The van der Waals surface area contributed by atoms with Crippen molar-refractivity contribution in [2.75, 3.05) is 20.3 Å². The molecule has 198 valence electrons. The molecule has 1 aliphatic rings. The first kappa shape index (κ1) is 26.9. The van der Waals surface area contributed by atoms with Crippen LogP contribution in [0.1, 0.15) is 36.6 Å². The van der Waals surface area contributed by atoms with Crippen LogP contribution >= 0.6 is 11.6 Å². The Labute approximate surface area is 225 Å². The van der Waals surface area contributed by atoms with Gasteiger partial charge in [-0.25, -0.2) is 0 Å². The van der Waals surface area contributed by atoms with Gasteiger partial charge in [-0.15, -0.1) is 0 Å². The van der Waals surface area contributed by atoms with E-state index < -0.39 is 23.5 Å². The van der Waals surface area contributed by atoms with Crippen molar-refractivity contribution >= 4 is 29.1 Å². The zero-order chi connectivity index (χ0) is 27.4. The molecule has 1 saturated heterocycles. The van der Waals surface area contributed by atoms with Crippen LogP contribution in [0, 0.1) is 0 Å². The van der Waals surface area contributed by atoms with Gasteiger partial charge in [-0.3, -0.25) is 9.59 Å². The van der Waals surface area contributed by atoms with Crippen molar-refractivity contribution in [3.63, 3.8) is 0 Å². The van der Waals surface area contributed by atoms with E-state index in [0.29, 0.717) is 29.2 Å². The Bertz CT molecular complexity index is 1400. The van der Waals surface area contributed by atoms with Crippen LogP contribution in [0.5, 0.6) is 23.0 Å². The molecule has 1 amide bonds. The molecule has 0 aliphatic carbocycles. The second-order valence-electron chi connectivity index (χ2n) is 8.47. The van der Waals surface area contributed by atoms with Crippen LogP contribution in [0.15, 0.2) is 66.2 Å². The molecular formula is C29H28ClNO7. The van der Waals surface area contributed by atoms with E-state index in [2.05, 4.69) is 0 Å². The number of amides is 1. The van der Waals surface area contributed by atoms with E-state index in [9.17, 15) is 19.8 Å². The number of hydrogen-bond donors (Lipinski definition) is 2. The summed E-state index contributed by atoms with van der Waals surface area (Å²) in [6, 6.07) is 15.4. The van der Waals surface area contributed by atoms with Crippen molar-refractivity contribution in [1.29, 1.82) is 0 Å². The Kier molecular flexibility index (Phi) is 8.12. The summed E-state index contributed by atoms with van der Waals surface area (Å²) in [7, 11) is 1.52. The van der Waals surface area contributed by atoms with Crippen molar-refractivity contribution in [1.82, 2.24) is 4.90 Å². The summed E-state index contributed by atoms with van der Waals surface area (Å²) < 4.78 is 16.5. The number of benzene rings is 3. The van der Waals surface area contributed by atoms with Gasteiger partial charge < -0.3 is 29.3 Å². The summed E-state index contributed by atoms with van der Waals surface area (Å²) in [5.41, 5.74) is 1.14. The van der Waals surface area contributed by atoms with E-state index in [-0.39, 0.29) is 40.8 Å². The first-order valence-corrected chi connectivity index (χ1v) is 12.5. The molecule has 0 spiro atoms. The number of para-hydroxylation sites is 1. The normalized spacial score (nSPS) is 16.5. The molecule has 0 radical (unpaired) electrons. The number of carbonyl (C=O) groups is 2. The topological polar surface area (TPSA) is 106 Å². The number of carbonyl (C=O) groups excluding carboxylic acids is 2. The molecule has 2 N–H and O–H groups in total. The van der Waals surface area contributed by atoms with Gasteiger partial charge in [0.2, 0.25) is 0 Å². The van der Waals surface area contributed by atoms with Crippen molar-refractivity contribution in [2.45, 2.75) is 26.4 Å². The van der Waals surface area contributed by atoms with E-state index in [1.54, 1.807) is 55.5 Å². The number of aliphatic hydroxyl groups is 1. The number of nitrogens with zero attached hydrogens (tertiary/aromatic N) is 1. The fourth-order valence-corrected chi connectivity index (χ4v) is 4.67. The van der Waals surface area contributed by atoms with Gasteiger partial charge in [0.1, 0.15) is 17.3 Å². The predicted molar refractivity (Wildman–Crippen MR) is 143 cm³/mol. The number of ether oxygens (including phenoxy) is 3. The van der Waals surface area contributed by atoms with Gasteiger partial charge >= 0.3 is 0 Å². The van der Waals surface area contributed by atoms with Crippen LogP contribution < -0.4 is 14.2 Å². The minimum atomic E-state index is -1.01. The summed E-state index contributed by atoms with van der Waals surface area (Å²) in [6.45, 7) is 4.29. The van der Waals surface area contributed by atoms with Gasteiger partial charge in [0, 0.05) is 11.1 Å². The molecule has 0 saturated carbocycles. The molecule has 1 fully saturated rings. The molecule has 3 aromatic carbocycles. The third kappa shape index (κ3) is 5.13. The fraction of sp³-hybridized carbons (Fsp3) is 0.241. The molecule has 1 unspecified atom stereocenters. The summed E-state index contributed by atoms with van der Waals surface area (Å²) in [5, 5.41) is 21.9. The maximum absolute atomic E-state index is 13.5. The van der Waals surface area contributed by atoms with Crippen LogP contribution in [0.25, 0.3) is 5.76 Å². The largest absolute Gasteiger partial charge is 0.507 e. The average Bonchev–Trinajstić information content (AvgIpc) is 3.16. The van der Waals surface area contributed by atoms with Gasteiger partial charge in [0.25, 0.3) is 11.7 Å². The number of phenolic OH excluding ortho intramolecular Hbond substituents is 1. The zero-order valence-corrected chi connectivity index (χ0v) is 22.0. The molecule has 38 heavy (non-hydrogen) atoms. The van der Waals surface area contributed by atoms with E-state index in [1.807, 2.05) is 6.92 Å². The number of phenols is 1. The van der Waals surface area contributed by atoms with Gasteiger partial charge in [-0.2, -0.15) is 0 Å². The second-order valence-corrected chi connectivity index (χ2v) is 8.88. The second kappa shape index (κ2) is 11.5. The third-order valence-electron chi connectivity index (χ3n) is 6.18. The van der Waals surface area contributed by atoms with Crippen LogP contribution in [0.3, 0.4) is 0 Å². The van der Waals surface area contributed by atoms with Gasteiger partial charge in [0.05, 0.1) is 43.5 Å². The van der Waals surface area contributed by atoms with E-state index in [1.165, 1.54) is 24.1 Å². The Morgan fingerprint density at radius 1 is 0.974 bits per heavy atom. The lowest BCUT2D eigenvalue weighted by Crippen LogP contribution is -2.29. The summed E-state index contributed by atoms with van der Waals surface area (Å²) >= 11 is 6.41. The van der Waals surface area contributed by atoms with Crippen molar-refractivity contribution in [3.05, 3.63) is 87.9 Å². The average molecular weight is 538 g/mol. The molecule has 8 nitrogen and oxygen atoms in total. The molecule has 0 bridgehead atoms. The number of aliphatic hydroxyl groups excluding tert-OH is 1. The summed E-state index contributed by atoms with van der Waals surface area (Å²) in [5.74, 6) is -1.03. The standard InChI is InChI=1S/C29H28ClNO7/c1-4-37-19-11-12-21(30)20(15-19)27(33)25-26(17-10-13-22(32)24(14-17)38-5-2)31(29(35)28(25)34)16-18-8-6-7-9-23(18)36-3/h6-15,26,32-33H,4-5,16H2,1-3H3/b27-25+. The Balaban J connectivity index is 1.92. The van der Waals surface area contributed by atoms with E-state index >= 15 is 0 Å². The molecular weight excluding hydrogens is 510 g/mol. The highest BCUT2D eigenvalue weighted by Crippen LogP contribution is 2.44.